The number of carbonyl (C=O) groups excluding carboxylic acids is 2. The van der Waals surface area contributed by atoms with Crippen LogP contribution in [-0.2, 0) is 16.1 Å². The third kappa shape index (κ3) is 4.35. The largest absolute Gasteiger partial charge is 0.490 e. The van der Waals surface area contributed by atoms with E-state index in [-0.39, 0.29) is 17.9 Å². The van der Waals surface area contributed by atoms with Gasteiger partial charge in [0, 0.05) is 26.1 Å². The van der Waals surface area contributed by atoms with Crippen molar-refractivity contribution < 1.29 is 23.8 Å². The van der Waals surface area contributed by atoms with Gasteiger partial charge in [-0.25, -0.2) is 4.79 Å². The molecule has 136 valence electrons. The summed E-state index contributed by atoms with van der Waals surface area (Å²) >= 11 is 0. The summed E-state index contributed by atoms with van der Waals surface area (Å²) in [7, 11) is 1.40. The van der Waals surface area contributed by atoms with E-state index in [0.29, 0.717) is 45.7 Å². The van der Waals surface area contributed by atoms with Gasteiger partial charge in [0.15, 0.2) is 11.5 Å². The Morgan fingerprint density at radius 2 is 1.92 bits per heavy atom. The lowest BCUT2D eigenvalue weighted by Gasteiger charge is -2.30. The Morgan fingerprint density at radius 3 is 2.64 bits per heavy atom. The fourth-order valence-corrected chi connectivity index (χ4v) is 3.09. The van der Waals surface area contributed by atoms with E-state index >= 15 is 0 Å². The number of amides is 2. The molecule has 0 bridgehead atoms. The highest BCUT2D eigenvalue weighted by atomic mass is 16.5. The van der Waals surface area contributed by atoms with Crippen molar-refractivity contribution >= 4 is 12.0 Å². The second-order valence-corrected chi connectivity index (χ2v) is 6.27. The van der Waals surface area contributed by atoms with Crippen molar-refractivity contribution in [2.24, 2.45) is 5.92 Å². The topological polar surface area (TPSA) is 77.1 Å². The van der Waals surface area contributed by atoms with Crippen LogP contribution in [0.25, 0.3) is 0 Å². The number of hydrogen-bond acceptors (Lipinski definition) is 5. The van der Waals surface area contributed by atoms with Crippen molar-refractivity contribution in [1.82, 2.24) is 10.2 Å². The maximum Gasteiger partial charge on any atom is 0.317 e. The van der Waals surface area contributed by atoms with Gasteiger partial charge in [0.25, 0.3) is 0 Å². The minimum Gasteiger partial charge on any atom is -0.490 e. The quantitative estimate of drug-likeness (QED) is 0.845. The van der Waals surface area contributed by atoms with Crippen LogP contribution in [-0.4, -0.2) is 50.3 Å². The number of urea groups is 1. The van der Waals surface area contributed by atoms with Crippen LogP contribution in [0.5, 0.6) is 11.5 Å². The summed E-state index contributed by atoms with van der Waals surface area (Å²) in [5.74, 6) is 1.18. The number of hydrogen-bond donors (Lipinski definition) is 1. The lowest BCUT2D eigenvalue weighted by Crippen LogP contribution is -2.45. The molecule has 1 saturated heterocycles. The summed E-state index contributed by atoms with van der Waals surface area (Å²) < 4.78 is 16.0. The van der Waals surface area contributed by atoms with E-state index in [1.54, 1.807) is 4.90 Å². The number of benzene rings is 1. The highest BCUT2D eigenvalue weighted by Crippen LogP contribution is 2.30. The summed E-state index contributed by atoms with van der Waals surface area (Å²) in [6.07, 6.45) is 2.15. The molecule has 0 aliphatic carbocycles. The van der Waals surface area contributed by atoms with E-state index in [4.69, 9.17) is 14.2 Å². The van der Waals surface area contributed by atoms with Gasteiger partial charge in [0.05, 0.1) is 26.2 Å². The van der Waals surface area contributed by atoms with Gasteiger partial charge in [-0.3, -0.25) is 4.79 Å². The lowest BCUT2D eigenvalue weighted by atomic mass is 9.97. The zero-order chi connectivity index (χ0) is 17.6. The molecule has 0 radical (unpaired) electrons. The molecule has 3 rings (SSSR count). The summed E-state index contributed by atoms with van der Waals surface area (Å²) in [5, 5.41) is 2.92. The summed E-state index contributed by atoms with van der Waals surface area (Å²) in [4.78, 5) is 25.6. The zero-order valence-corrected chi connectivity index (χ0v) is 14.5. The summed E-state index contributed by atoms with van der Waals surface area (Å²) in [6.45, 7) is 2.84. The first-order valence-corrected chi connectivity index (χ1v) is 8.66. The third-order valence-corrected chi connectivity index (χ3v) is 4.57. The molecule has 25 heavy (non-hydrogen) atoms. The molecule has 2 heterocycles. The van der Waals surface area contributed by atoms with Gasteiger partial charge in [0.1, 0.15) is 0 Å². The lowest BCUT2D eigenvalue weighted by molar-refractivity contribution is -0.146. The van der Waals surface area contributed by atoms with Crippen molar-refractivity contribution in [2.75, 3.05) is 33.4 Å². The molecule has 0 spiro atoms. The van der Waals surface area contributed by atoms with Crippen molar-refractivity contribution in [3.8, 4) is 11.5 Å². The van der Waals surface area contributed by atoms with Gasteiger partial charge in [-0.15, -0.1) is 0 Å². The molecule has 0 aromatic heterocycles. The number of rotatable bonds is 3. The monoisotopic (exact) mass is 348 g/mol. The highest BCUT2D eigenvalue weighted by Gasteiger charge is 2.27. The molecule has 2 aliphatic heterocycles. The van der Waals surface area contributed by atoms with Crippen LogP contribution in [0.3, 0.4) is 0 Å². The van der Waals surface area contributed by atoms with Gasteiger partial charge in [0.2, 0.25) is 0 Å². The van der Waals surface area contributed by atoms with Crippen LogP contribution in [0.4, 0.5) is 4.79 Å². The fourth-order valence-electron chi connectivity index (χ4n) is 3.09. The Hall–Kier alpha value is -2.44. The van der Waals surface area contributed by atoms with Gasteiger partial charge in [-0.05, 0) is 30.5 Å². The maximum atomic E-state index is 12.3. The molecule has 7 nitrogen and oxygen atoms in total. The van der Waals surface area contributed by atoms with Crippen LogP contribution >= 0.6 is 0 Å². The molecule has 0 unspecified atom stereocenters. The predicted molar refractivity (Wildman–Crippen MR) is 90.6 cm³/mol. The number of fused-ring (bicyclic) bond motifs is 1. The van der Waals surface area contributed by atoms with Crippen LogP contribution in [0, 0.1) is 5.92 Å². The molecule has 7 heteroatoms. The number of carbonyl (C=O) groups is 2. The maximum absolute atomic E-state index is 12.3. The van der Waals surface area contributed by atoms with Crippen molar-refractivity contribution in [3.63, 3.8) is 0 Å². The standard InChI is InChI=1S/C18H24N2O5/c1-23-17(21)14-5-7-20(8-6-14)18(22)19-12-13-3-4-15-16(11-13)25-10-2-9-24-15/h3-4,11,14H,2,5-10,12H2,1H3,(H,19,22). The molecular formula is C18H24N2O5. The first-order valence-electron chi connectivity index (χ1n) is 8.66. The Balaban J connectivity index is 1.50. The second-order valence-electron chi connectivity index (χ2n) is 6.27. The van der Waals surface area contributed by atoms with Crippen LogP contribution in [0.15, 0.2) is 18.2 Å². The SMILES string of the molecule is COC(=O)C1CCN(C(=O)NCc2ccc3c(c2)OCCCO3)CC1. The molecule has 1 aromatic rings. The smallest absolute Gasteiger partial charge is 0.317 e. The van der Waals surface area contributed by atoms with Gasteiger partial charge in [-0.1, -0.05) is 6.07 Å². The minimum atomic E-state index is -0.188. The second kappa shape index (κ2) is 8.09. The Bertz CT molecular complexity index is 626. The first kappa shape index (κ1) is 17.4. The van der Waals surface area contributed by atoms with E-state index in [0.717, 1.165) is 23.5 Å². The molecule has 0 atom stereocenters. The molecule has 1 fully saturated rings. The van der Waals surface area contributed by atoms with Gasteiger partial charge in [-0.2, -0.15) is 0 Å². The fraction of sp³-hybridized carbons (Fsp3) is 0.556. The molecule has 1 aromatic carbocycles. The Labute approximate surface area is 147 Å². The number of nitrogens with one attached hydrogen (secondary N) is 1. The highest BCUT2D eigenvalue weighted by molar-refractivity contribution is 5.76. The summed E-state index contributed by atoms with van der Waals surface area (Å²) in [5.41, 5.74) is 0.960. The van der Waals surface area contributed by atoms with Crippen molar-refractivity contribution in [3.05, 3.63) is 23.8 Å². The third-order valence-electron chi connectivity index (χ3n) is 4.57. The molecule has 1 N–H and O–H groups in total. The van der Waals surface area contributed by atoms with Gasteiger partial charge < -0.3 is 24.4 Å². The van der Waals surface area contributed by atoms with Gasteiger partial charge >= 0.3 is 12.0 Å². The predicted octanol–water partition coefficient (Wildman–Crippen LogP) is 1.94. The van der Waals surface area contributed by atoms with Crippen LogP contribution in [0.2, 0.25) is 0 Å². The number of esters is 1. The normalized spacial score (nSPS) is 17.6. The Morgan fingerprint density at radius 1 is 1.20 bits per heavy atom. The van der Waals surface area contributed by atoms with Crippen LogP contribution < -0.4 is 14.8 Å². The average Bonchev–Trinajstić information content (AvgIpc) is 2.90. The van der Waals surface area contributed by atoms with E-state index in [1.807, 2.05) is 18.2 Å². The van der Waals surface area contributed by atoms with E-state index < -0.39 is 0 Å². The number of nitrogens with zero attached hydrogens (tertiary/aromatic N) is 1. The molecule has 2 aliphatic rings. The summed E-state index contributed by atoms with van der Waals surface area (Å²) in [6, 6.07) is 5.60. The Kier molecular flexibility index (Phi) is 5.63. The number of piperidine rings is 1. The molecular weight excluding hydrogens is 324 g/mol. The van der Waals surface area contributed by atoms with Crippen molar-refractivity contribution in [1.29, 1.82) is 0 Å². The van der Waals surface area contributed by atoms with E-state index in [2.05, 4.69) is 5.32 Å². The number of methoxy groups -OCH3 is 1. The molecule has 0 saturated carbocycles. The average molecular weight is 348 g/mol. The van der Waals surface area contributed by atoms with E-state index in [9.17, 15) is 9.59 Å². The minimum absolute atomic E-state index is 0.101. The van der Waals surface area contributed by atoms with Crippen LogP contribution in [0.1, 0.15) is 24.8 Å². The van der Waals surface area contributed by atoms with E-state index in [1.165, 1.54) is 7.11 Å². The van der Waals surface area contributed by atoms with Crippen molar-refractivity contribution in [2.45, 2.75) is 25.8 Å². The first-order chi connectivity index (χ1) is 12.2. The molecule has 2 amide bonds. The number of ether oxygens (including phenoxy) is 3. The zero-order valence-electron chi connectivity index (χ0n) is 14.5. The number of likely N-dealkylation sites (tertiary alicyclic amines) is 1.